The Morgan fingerprint density at radius 3 is 2.29 bits per heavy atom. The molecule has 0 fully saturated rings. The number of aromatic nitrogens is 3. The van der Waals surface area contributed by atoms with Gasteiger partial charge in [0, 0.05) is 23.1 Å². The first-order valence-electron chi connectivity index (χ1n) is 7.08. The number of pyridine rings is 1. The Bertz CT molecular complexity index is 643. The van der Waals surface area contributed by atoms with Gasteiger partial charge in [-0.3, -0.25) is 9.78 Å². The molecule has 5 nitrogen and oxygen atoms in total. The third kappa shape index (κ3) is 3.42. The van der Waals surface area contributed by atoms with Crippen LogP contribution in [-0.2, 0) is 24.1 Å². The quantitative estimate of drug-likeness (QED) is 0.913. The number of rotatable bonds is 5. The van der Waals surface area contributed by atoms with Gasteiger partial charge in [0.15, 0.2) is 5.82 Å². The van der Waals surface area contributed by atoms with Crippen molar-refractivity contribution in [1.29, 1.82) is 0 Å². The third-order valence-electron chi connectivity index (χ3n) is 3.32. The molecule has 110 valence electrons. The maximum absolute atomic E-state index is 11.0. The average Bonchev–Trinajstić information content (AvgIpc) is 2.46. The standard InChI is InChI=1S/C16H19N3O2/c1-4-12-11(9-15(20)21)13(5-2)19-16(18-12)14-8-10(3)6-7-17-14/h6-8H,4-5,9H2,1-3H3,(H,20,21). The van der Waals surface area contributed by atoms with E-state index in [0.717, 1.165) is 28.2 Å². The van der Waals surface area contributed by atoms with Crippen molar-refractivity contribution in [2.75, 3.05) is 0 Å². The van der Waals surface area contributed by atoms with E-state index >= 15 is 0 Å². The molecule has 2 aromatic heterocycles. The highest BCUT2D eigenvalue weighted by atomic mass is 16.4. The monoisotopic (exact) mass is 285 g/mol. The molecule has 5 heteroatoms. The van der Waals surface area contributed by atoms with Gasteiger partial charge < -0.3 is 5.11 Å². The van der Waals surface area contributed by atoms with Crippen LogP contribution in [0.15, 0.2) is 18.3 Å². The fourth-order valence-electron chi connectivity index (χ4n) is 2.30. The van der Waals surface area contributed by atoms with E-state index in [-0.39, 0.29) is 6.42 Å². The van der Waals surface area contributed by atoms with Crippen LogP contribution in [-0.4, -0.2) is 26.0 Å². The Hall–Kier alpha value is -2.30. The molecular formula is C16H19N3O2. The highest BCUT2D eigenvalue weighted by molar-refractivity contribution is 5.71. The molecule has 0 radical (unpaired) electrons. The number of aryl methyl sites for hydroxylation is 3. The van der Waals surface area contributed by atoms with Crippen LogP contribution in [0.4, 0.5) is 0 Å². The van der Waals surface area contributed by atoms with Crippen LogP contribution in [0.5, 0.6) is 0 Å². The lowest BCUT2D eigenvalue weighted by Crippen LogP contribution is -2.12. The normalized spacial score (nSPS) is 10.6. The van der Waals surface area contributed by atoms with Crippen LogP contribution >= 0.6 is 0 Å². The van der Waals surface area contributed by atoms with E-state index in [0.29, 0.717) is 18.7 Å². The number of hydrogen-bond donors (Lipinski definition) is 1. The SMILES string of the molecule is CCc1nc(-c2cc(C)ccn2)nc(CC)c1CC(=O)O. The predicted octanol–water partition coefficient (Wildman–Crippen LogP) is 2.60. The van der Waals surface area contributed by atoms with Gasteiger partial charge in [0.1, 0.15) is 5.69 Å². The van der Waals surface area contributed by atoms with E-state index in [2.05, 4.69) is 15.0 Å². The number of nitrogens with zero attached hydrogens (tertiary/aromatic N) is 3. The number of aliphatic carboxylic acids is 1. The Balaban J connectivity index is 2.57. The first-order chi connectivity index (χ1) is 10.0. The van der Waals surface area contributed by atoms with Crippen molar-refractivity contribution in [1.82, 2.24) is 15.0 Å². The molecule has 21 heavy (non-hydrogen) atoms. The molecule has 0 aliphatic heterocycles. The molecule has 0 saturated carbocycles. The Morgan fingerprint density at radius 2 is 1.81 bits per heavy atom. The molecule has 0 spiro atoms. The summed E-state index contributed by atoms with van der Waals surface area (Å²) >= 11 is 0. The second-order valence-electron chi connectivity index (χ2n) is 4.92. The van der Waals surface area contributed by atoms with Crippen molar-refractivity contribution < 1.29 is 9.90 Å². The van der Waals surface area contributed by atoms with E-state index in [1.165, 1.54) is 0 Å². The first kappa shape index (κ1) is 15.1. The topological polar surface area (TPSA) is 76.0 Å². The fraction of sp³-hybridized carbons (Fsp3) is 0.375. The largest absolute Gasteiger partial charge is 0.481 e. The van der Waals surface area contributed by atoms with Gasteiger partial charge >= 0.3 is 5.97 Å². The van der Waals surface area contributed by atoms with Gasteiger partial charge in [-0.1, -0.05) is 13.8 Å². The summed E-state index contributed by atoms with van der Waals surface area (Å²) in [6, 6.07) is 3.86. The minimum atomic E-state index is -0.857. The fourth-order valence-corrected chi connectivity index (χ4v) is 2.30. The number of carbonyl (C=O) groups is 1. The molecule has 0 bridgehead atoms. The van der Waals surface area contributed by atoms with E-state index < -0.39 is 5.97 Å². The van der Waals surface area contributed by atoms with Crippen LogP contribution in [0.3, 0.4) is 0 Å². The molecular weight excluding hydrogens is 266 g/mol. The van der Waals surface area contributed by atoms with Crippen LogP contribution in [0.1, 0.15) is 36.4 Å². The van der Waals surface area contributed by atoms with Crippen LogP contribution < -0.4 is 0 Å². The summed E-state index contributed by atoms with van der Waals surface area (Å²) in [5, 5.41) is 9.06. The molecule has 0 saturated heterocycles. The molecule has 0 atom stereocenters. The zero-order valence-corrected chi connectivity index (χ0v) is 12.6. The van der Waals surface area contributed by atoms with Crippen molar-refractivity contribution in [3.63, 3.8) is 0 Å². The molecule has 2 heterocycles. The number of carboxylic acid groups (broad SMARTS) is 1. The van der Waals surface area contributed by atoms with Crippen LogP contribution in [0, 0.1) is 6.92 Å². The smallest absolute Gasteiger partial charge is 0.307 e. The summed E-state index contributed by atoms with van der Waals surface area (Å²) < 4.78 is 0. The predicted molar refractivity (Wildman–Crippen MR) is 80.1 cm³/mol. The average molecular weight is 285 g/mol. The van der Waals surface area contributed by atoms with Crippen molar-refractivity contribution in [3.05, 3.63) is 40.8 Å². The van der Waals surface area contributed by atoms with Gasteiger partial charge in [-0.05, 0) is 37.5 Å². The molecule has 1 N–H and O–H groups in total. The maximum Gasteiger partial charge on any atom is 0.307 e. The lowest BCUT2D eigenvalue weighted by atomic mass is 10.0. The molecule has 0 unspecified atom stereocenters. The van der Waals surface area contributed by atoms with Gasteiger partial charge in [0.2, 0.25) is 0 Å². The molecule has 0 aromatic carbocycles. The van der Waals surface area contributed by atoms with Crippen molar-refractivity contribution in [2.24, 2.45) is 0 Å². The molecule has 2 aromatic rings. The summed E-state index contributed by atoms with van der Waals surface area (Å²) in [6.45, 7) is 5.94. The summed E-state index contributed by atoms with van der Waals surface area (Å²) in [6.07, 6.45) is 3.05. The van der Waals surface area contributed by atoms with E-state index in [1.54, 1.807) is 6.20 Å². The highest BCUT2D eigenvalue weighted by Gasteiger charge is 2.16. The van der Waals surface area contributed by atoms with Gasteiger partial charge in [-0.15, -0.1) is 0 Å². The van der Waals surface area contributed by atoms with E-state index in [9.17, 15) is 4.79 Å². The summed E-state index contributed by atoms with van der Waals surface area (Å²) in [5.41, 5.74) is 4.14. The van der Waals surface area contributed by atoms with Crippen LogP contribution in [0.25, 0.3) is 11.5 Å². The van der Waals surface area contributed by atoms with E-state index in [4.69, 9.17) is 5.11 Å². The van der Waals surface area contributed by atoms with Crippen molar-refractivity contribution in [2.45, 2.75) is 40.0 Å². The second kappa shape index (κ2) is 6.43. The molecule has 2 rings (SSSR count). The minimum absolute atomic E-state index is 0.0339. The maximum atomic E-state index is 11.0. The number of carboxylic acids is 1. The van der Waals surface area contributed by atoms with Crippen molar-refractivity contribution in [3.8, 4) is 11.5 Å². The van der Waals surface area contributed by atoms with E-state index in [1.807, 2.05) is 32.9 Å². The van der Waals surface area contributed by atoms with Gasteiger partial charge in [0.05, 0.1) is 6.42 Å². The Kier molecular flexibility index (Phi) is 4.62. The van der Waals surface area contributed by atoms with Gasteiger partial charge in [-0.2, -0.15) is 0 Å². The van der Waals surface area contributed by atoms with Gasteiger partial charge in [0.25, 0.3) is 0 Å². The summed E-state index contributed by atoms with van der Waals surface area (Å²) in [4.78, 5) is 24.4. The lowest BCUT2D eigenvalue weighted by molar-refractivity contribution is -0.136. The minimum Gasteiger partial charge on any atom is -0.481 e. The first-order valence-corrected chi connectivity index (χ1v) is 7.08. The van der Waals surface area contributed by atoms with Crippen molar-refractivity contribution >= 4 is 5.97 Å². The zero-order valence-electron chi connectivity index (χ0n) is 12.6. The molecule has 0 aliphatic carbocycles. The third-order valence-corrected chi connectivity index (χ3v) is 3.32. The summed E-state index contributed by atoms with van der Waals surface area (Å²) in [7, 11) is 0. The lowest BCUT2D eigenvalue weighted by Gasteiger charge is -2.12. The second-order valence-corrected chi connectivity index (χ2v) is 4.92. The summed E-state index contributed by atoms with van der Waals surface area (Å²) in [5.74, 6) is -0.286. The molecule has 0 aliphatic rings. The Morgan fingerprint density at radius 1 is 1.19 bits per heavy atom. The van der Waals surface area contributed by atoms with Crippen LogP contribution in [0.2, 0.25) is 0 Å². The highest BCUT2D eigenvalue weighted by Crippen LogP contribution is 2.20. The molecule has 0 amide bonds. The Labute approximate surface area is 124 Å². The van der Waals surface area contributed by atoms with Gasteiger partial charge in [-0.25, -0.2) is 9.97 Å². The zero-order chi connectivity index (χ0) is 15.4. The number of hydrogen-bond acceptors (Lipinski definition) is 4.